The molecule has 0 fully saturated rings. The van der Waals surface area contributed by atoms with Crippen molar-refractivity contribution in [2.75, 3.05) is 26.1 Å². The Labute approximate surface area is 202 Å². The lowest BCUT2D eigenvalue weighted by Gasteiger charge is -2.15. The van der Waals surface area contributed by atoms with E-state index in [2.05, 4.69) is 10.6 Å². The van der Waals surface area contributed by atoms with Crippen molar-refractivity contribution in [2.24, 2.45) is 0 Å². The van der Waals surface area contributed by atoms with Gasteiger partial charge in [0, 0.05) is 17.0 Å². The molecule has 3 aromatic carbocycles. The third-order valence-corrected chi connectivity index (χ3v) is 5.55. The number of ether oxygens (including phenoxy) is 2. The summed E-state index contributed by atoms with van der Waals surface area (Å²) in [7, 11) is 3.03. The van der Waals surface area contributed by atoms with Crippen molar-refractivity contribution in [3.63, 3.8) is 0 Å². The second-order valence-electron chi connectivity index (χ2n) is 7.87. The molecule has 0 radical (unpaired) electrons. The standard InChI is InChI=1S/C27H25N3O5/c1-17-12-13-23(34-2)21(14-17)29-25(31)15-28-26(32)20-16-30(22-10-6-7-11-24(22)35-3)27(33)19-9-5-4-8-18(19)20/h4-14,16H,15H2,1-3H3,(H,28,32)(H,29,31). The minimum absolute atomic E-state index is 0.257. The third-order valence-electron chi connectivity index (χ3n) is 5.55. The van der Waals surface area contributed by atoms with E-state index in [0.717, 1.165) is 5.56 Å². The number of para-hydroxylation sites is 2. The summed E-state index contributed by atoms with van der Waals surface area (Å²) >= 11 is 0. The van der Waals surface area contributed by atoms with E-state index in [9.17, 15) is 14.4 Å². The number of hydrogen-bond donors (Lipinski definition) is 2. The molecule has 0 aliphatic rings. The number of anilines is 1. The number of rotatable bonds is 7. The van der Waals surface area contributed by atoms with Gasteiger partial charge in [0.2, 0.25) is 5.91 Å². The van der Waals surface area contributed by atoms with E-state index >= 15 is 0 Å². The van der Waals surface area contributed by atoms with Crippen LogP contribution in [0.2, 0.25) is 0 Å². The Kier molecular flexibility index (Phi) is 6.82. The van der Waals surface area contributed by atoms with Crippen LogP contribution in [0.5, 0.6) is 11.5 Å². The smallest absolute Gasteiger partial charge is 0.263 e. The fourth-order valence-corrected chi connectivity index (χ4v) is 3.85. The van der Waals surface area contributed by atoms with Gasteiger partial charge in [-0.3, -0.25) is 19.0 Å². The zero-order valence-corrected chi connectivity index (χ0v) is 19.6. The van der Waals surface area contributed by atoms with Crippen molar-refractivity contribution in [2.45, 2.75) is 6.92 Å². The number of methoxy groups -OCH3 is 2. The number of amides is 2. The highest BCUT2D eigenvalue weighted by Gasteiger charge is 2.18. The number of nitrogens with zero attached hydrogens (tertiary/aromatic N) is 1. The number of carbonyl (C=O) groups is 2. The summed E-state index contributed by atoms with van der Waals surface area (Å²) in [4.78, 5) is 39.0. The normalized spacial score (nSPS) is 10.6. The lowest BCUT2D eigenvalue weighted by atomic mass is 10.1. The summed E-state index contributed by atoms with van der Waals surface area (Å²) in [5.41, 5.74) is 1.94. The number of aryl methyl sites for hydroxylation is 1. The van der Waals surface area contributed by atoms with Gasteiger partial charge >= 0.3 is 0 Å². The summed E-state index contributed by atoms with van der Waals surface area (Å²) in [5.74, 6) is 0.105. The van der Waals surface area contributed by atoms with Crippen molar-refractivity contribution in [1.82, 2.24) is 9.88 Å². The van der Waals surface area contributed by atoms with E-state index in [-0.39, 0.29) is 17.7 Å². The van der Waals surface area contributed by atoms with Gasteiger partial charge in [0.15, 0.2) is 0 Å². The molecule has 0 bridgehead atoms. The molecule has 0 aliphatic carbocycles. The average Bonchev–Trinajstić information content (AvgIpc) is 2.88. The Balaban J connectivity index is 1.64. The zero-order valence-electron chi connectivity index (χ0n) is 19.6. The van der Waals surface area contributed by atoms with Gasteiger partial charge in [-0.15, -0.1) is 0 Å². The molecule has 4 rings (SSSR count). The molecular weight excluding hydrogens is 446 g/mol. The molecule has 1 aromatic heterocycles. The summed E-state index contributed by atoms with van der Waals surface area (Å²) in [6, 6.07) is 19.3. The van der Waals surface area contributed by atoms with Gasteiger partial charge in [-0.1, -0.05) is 36.4 Å². The predicted octanol–water partition coefficient (Wildman–Crippen LogP) is 3.68. The molecule has 1 heterocycles. The topological polar surface area (TPSA) is 98.7 Å². The molecule has 0 atom stereocenters. The molecule has 2 amide bonds. The van der Waals surface area contributed by atoms with Crippen molar-refractivity contribution < 1.29 is 19.1 Å². The van der Waals surface area contributed by atoms with Gasteiger partial charge in [0.05, 0.1) is 37.7 Å². The van der Waals surface area contributed by atoms with E-state index in [0.29, 0.717) is 33.6 Å². The first kappa shape index (κ1) is 23.6. The number of benzene rings is 3. The molecule has 0 saturated carbocycles. The van der Waals surface area contributed by atoms with Crippen LogP contribution in [0.25, 0.3) is 16.5 Å². The molecule has 0 unspecified atom stereocenters. The summed E-state index contributed by atoms with van der Waals surface area (Å²) in [5, 5.41) is 6.27. The van der Waals surface area contributed by atoms with Crippen molar-refractivity contribution in [1.29, 1.82) is 0 Å². The number of nitrogens with one attached hydrogen (secondary N) is 2. The SMILES string of the molecule is COc1ccc(C)cc1NC(=O)CNC(=O)c1cn(-c2ccccc2OC)c(=O)c2ccccc12. The van der Waals surface area contributed by atoms with E-state index < -0.39 is 11.8 Å². The van der Waals surface area contributed by atoms with Crippen LogP contribution in [0, 0.1) is 6.92 Å². The minimum atomic E-state index is -0.490. The molecule has 0 saturated heterocycles. The van der Waals surface area contributed by atoms with Crippen LogP contribution in [0.4, 0.5) is 5.69 Å². The van der Waals surface area contributed by atoms with Gasteiger partial charge in [0.1, 0.15) is 11.5 Å². The first-order chi connectivity index (χ1) is 16.9. The maximum absolute atomic E-state index is 13.2. The Hall–Kier alpha value is -4.59. The highest BCUT2D eigenvalue weighted by atomic mass is 16.5. The molecule has 35 heavy (non-hydrogen) atoms. The van der Waals surface area contributed by atoms with Crippen LogP contribution in [0.3, 0.4) is 0 Å². The zero-order chi connectivity index (χ0) is 24.9. The van der Waals surface area contributed by atoms with Gasteiger partial charge in [-0.05, 0) is 42.8 Å². The van der Waals surface area contributed by atoms with E-state index in [1.165, 1.54) is 25.0 Å². The molecule has 0 spiro atoms. The van der Waals surface area contributed by atoms with Crippen LogP contribution in [-0.2, 0) is 4.79 Å². The molecule has 0 aliphatic heterocycles. The first-order valence-corrected chi connectivity index (χ1v) is 10.9. The van der Waals surface area contributed by atoms with Gasteiger partial charge in [-0.2, -0.15) is 0 Å². The fourth-order valence-electron chi connectivity index (χ4n) is 3.85. The summed E-state index contributed by atoms with van der Waals surface area (Å²) in [6.07, 6.45) is 1.47. The largest absolute Gasteiger partial charge is 0.495 e. The van der Waals surface area contributed by atoms with Crippen molar-refractivity contribution >= 4 is 28.3 Å². The van der Waals surface area contributed by atoms with Crippen LogP contribution < -0.4 is 25.7 Å². The number of pyridine rings is 1. The van der Waals surface area contributed by atoms with Crippen LogP contribution >= 0.6 is 0 Å². The van der Waals surface area contributed by atoms with E-state index in [1.54, 1.807) is 60.7 Å². The van der Waals surface area contributed by atoms with Crippen LogP contribution in [-0.4, -0.2) is 37.1 Å². The van der Waals surface area contributed by atoms with Gasteiger partial charge in [-0.25, -0.2) is 0 Å². The molecule has 2 N–H and O–H groups in total. The minimum Gasteiger partial charge on any atom is -0.495 e. The predicted molar refractivity (Wildman–Crippen MR) is 135 cm³/mol. The highest BCUT2D eigenvalue weighted by Crippen LogP contribution is 2.25. The van der Waals surface area contributed by atoms with E-state index in [4.69, 9.17) is 9.47 Å². The molecule has 178 valence electrons. The Morgan fingerprint density at radius 2 is 1.57 bits per heavy atom. The van der Waals surface area contributed by atoms with E-state index in [1.807, 2.05) is 13.0 Å². The van der Waals surface area contributed by atoms with Gasteiger partial charge in [0.25, 0.3) is 11.5 Å². The van der Waals surface area contributed by atoms with Gasteiger partial charge < -0.3 is 20.1 Å². The Morgan fingerprint density at radius 1 is 0.886 bits per heavy atom. The molecule has 4 aromatic rings. The Bertz CT molecular complexity index is 1480. The monoisotopic (exact) mass is 471 g/mol. The molecular formula is C27H25N3O5. The molecule has 8 heteroatoms. The highest BCUT2D eigenvalue weighted by molar-refractivity contribution is 6.08. The third kappa shape index (κ3) is 4.86. The number of aromatic nitrogens is 1. The second kappa shape index (κ2) is 10.1. The van der Waals surface area contributed by atoms with Crippen molar-refractivity contribution in [3.8, 4) is 17.2 Å². The number of fused-ring (bicyclic) bond motifs is 1. The second-order valence-corrected chi connectivity index (χ2v) is 7.87. The number of hydrogen-bond acceptors (Lipinski definition) is 5. The average molecular weight is 472 g/mol. The van der Waals surface area contributed by atoms with Crippen LogP contribution in [0.1, 0.15) is 15.9 Å². The maximum Gasteiger partial charge on any atom is 0.263 e. The van der Waals surface area contributed by atoms with Crippen LogP contribution in [0.15, 0.2) is 77.7 Å². The maximum atomic E-state index is 13.2. The first-order valence-electron chi connectivity index (χ1n) is 10.9. The summed E-state index contributed by atoms with van der Waals surface area (Å²) < 4.78 is 12.1. The lowest BCUT2D eigenvalue weighted by Crippen LogP contribution is -2.34. The van der Waals surface area contributed by atoms with Crippen molar-refractivity contribution in [3.05, 3.63) is 94.4 Å². The fraction of sp³-hybridized carbons (Fsp3) is 0.148. The lowest BCUT2D eigenvalue weighted by molar-refractivity contribution is -0.115. The number of carbonyl (C=O) groups excluding carboxylic acids is 2. The summed E-state index contributed by atoms with van der Waals surface area (Å²) in [6.45, 7) is 1.64. The quantitative estimate of drug-likeness (QED) is 0.428. The molecule has 8 nitrogen and oxygen atoms in total. The Morgan fingerprint density at radius 3 is 2.31 bits per heavy atom.